The Kier molecular flexibility index (Phi) is 4.11. The van der Waals surface area contributed by atoms with Gasteiger partial charge >= 0.3 is 0 Å². The van der Waals surface area contributed by atoms with Crippen molar-refractivity contribution in [3.05, 3.63) is 23.8 Å². The van der Waals surface area contributed by atoms with Crippen molar-refractivity contribution in [3.8, 4) is 0 Å². The molecule has 0 atom stereocenters. The highest BCUT2D eigenvalue weighted by Gasteiger charge is 2.21. The molecule has 0 saturated heterocycles. The SMILES string of the molecule is CC(=O)Nc1cccc(NC(=O)C(C)(C)C)c1C. The van der Waals surface area contributed by atoms with Gasteiger partial charge in [-0.3, -0.25) is 9.59 Å². The number of anilines is 2. The van der Waals surface area contributed by atoms with Gasteiger partial charge in [0, 0.05) is 23.7 Å². The summed E-state index contributed by atoms with van der Waals surface area (Å²) in [5.74, 6) is -0.178. The van der Waals surface area contributed by atoms with Gasteiger partial charge in [0.1, 0.15) is 0 Å². The summed E-state index contributed by atoms with van der Waals surface area (Å²) in [5, 5.41) is 5.61. The number of rotatable bonds is 2. The van der Waals surface area contributed by atoms with Gasteiger partial charge in [-0.25, -0.2) is 0 Å². The maximum absolute atomic E-state index is 11.9. The molecule has 0 heterocycles. The summed E-state index contributed by atoms with van der Waals surface area (Å²) in [6.07, 6.45) is 0. The Hall–Kier alpha value is -1.84. The predicted molar refractivity (Wildman–Crippen MR) is 73.6 cm³/mol. The molecule has 1 aromatic carbocycles. The summed E-state index contributed by atoms with van der Waals surface area (Å²) in [7, 11) is 0. The largest absolute Gasteiger partial charge is 0.326 e. The Morgan fingerprint density at radius 1 is 1.06 bits per heavy atom. The smallest absolute Gasteiger partial charge is 0.229 e. The van der Waals surface area contributed by atoms with Gasteiger partial charge in [0.05, 0.1) is 0 Å². The lowest BCUT2D eigenvalue weighted by Crippen LogP contribution is -2.28. The maximum Gasteiger partial charge on any atom is 0.229 e. The predicted octanol–water partition coefficient (Wildman–Crippen LogP) is 2.94. The molecule has 2 amide bonds. The van der Waals surface area contributed by atoms with Crippen LogP contribution in [0.4, 0.5) is 11.4 Å². The second kappa shape index (κ2) is 5.21. The van der Waals surface area contributed by atoms with Crippen LogP contribution in [0.15, 0.2) is 18.2 Å². The lowest BCUT2D eigenvalue weighted by molar-refractivity contribution is -0.123. The van der Waals surface area contributed by atoms with Gasteiger partial charge in [0.25, 0.3) is 0 Å². The zero-order valence-corrected chi connectivity index (χ0v) is 11.5. The van der Waals surface area contributed by atoms with Crippen LogP contribution in [-0.4, -0.2) is 11.8 Å². The van der Waals surface area contributed by atoms with Crippen LogP contribution in [0.3, 0.4) is 0 Å². The molecule has 1 rings (SSSR count). The van der Waals surface area contributed by atoms with Gasteiger partial charge in [-0.05, 0) is 24.6 Å². The number of benzene rings is 1. The van der Waals surface area contributed by atoms with Crippen LogP contribution < -0.4 is 10.6 Å². The molecule has 0 aliphatic heterocycles. The highest BCUT2D eigenvalue weighted by molar-refractivity contribution is 5.97. The molecule has 0 bridgehead atoms. The fourth-order valence-electron chi connectivity index (χ4n) is 1.41. The average Bonchev–Trinajstić information content (AvgIpc) is 2.21. The molecule has 0 aliphatic carbocycles. The molecule has 2 N–H and O–H groups in total. The van der Waals surface area contributed by atoms with E-state index in [0.29, 0.717) is 5.69 Å². The number of amides is 2. The van der Waals surface area contributed by atoms with E-state index in [0.717, 1.165) is 11.3 Å². The number of nitrogens with one attached hydrogen (secondary N) is 2. The van der Waals surface area contributed by atoms with Crippen LogP contribution in [0.1, 0.15) is 33.3 Å². The number of carbonyl (C=O) groups is 2. The molecule has 4 heteroatoms. The Bertz CT molecular complexity index is 473. The Labute approximate surface area is 108 Å². The molecule has 18 heavy (non-hydrogen) atoms. The Balaban J connectivity index is 2.98. The second-order valence-electron chi connectivity index (χ2n) is 5.36. The van der Waals surface area contributed by atoms with Crippen LogP contribution in [0.5, 0.6) is 0 Å². The van der Waals surface area contributed by atoms with Gasteiger partial charge in [-0.15, -0.1) is 0 Å². The zero-order valence-electron chi connectivity index (χ0n) is 11.5. The number of hydrogen-bond acceptors (Lipinski definition) is 2. The van der Waals surface area contributed by atoms with Gasteiger partial charge in [0.15, 0.2) is 0 Å². The molecule has 0 radical (unpaired) electrons. The summed E-state index contributed by atoms with van der Waals surface area (Å²) in [4.78, 5) is 23.0. The summed E-state index contributed by atoms with van der Waals surface area (Å²) in [6, 6.07) is 5.43. The fourth-order valence-corrected chi connectivity index (χ4v) is 1.41. The third kappa shape index (κ3) is 3.58. The normalized spacial score (nSPS) is 10.9. The molecule has 0 aliphatic rings. The van der Waals surface area contributed by atoms with E-state index in [1.807, 2.05) is 39.8 Å². The van der Waals surface area contributed by atoms with Crippen molar-refractivity contribution in [2.75, 3.05) is 10.6 Å². The monoisotopic (exact) mass is 248 g/mol. The van der Waals surface area contributed by atoms with Crippen LogP contribution in [-0.2, 0) is 9.59 Å². The van der Waals surface area contributed by atoms with Crippen molar-refractivity contribution >= 4 is 23.2 Å². The topological polar surface area (TPSA) is 58.2 Å². The minimum absolute atomic E-state index is 0.0504. The Morgan fingerprint density at radius 3 is 2.00 bits per heavy atom. The first-order valence-electron chi connectivity index (χ1n) is 5.90. The first-order chi connectivity index (χ1) is 8.21. The van der Waals surface area contributed by atoms with E-state index in [1.165, 1.54) is 6.92 Å². The van der Waals surface area contributed by atoms with Crippen LogP contribution in [0.25, 0.3) is 0 Å². The highest BCUT2D eigenvalue weighted by atomic mass is 16.2. The molecule has 0 unspecified atom stereocenters. The highest BCUT2D eigenvalue weighted by Crippen LogP contribution is 2.25. The maximum atomic E-state index is 11.9. The van der Waals surface area contributed by atoms with E-state index >= 15 is 0 Å². The quantitative estimate of drug-likeness (QED) is 0.845. The molecule has 0 aromatic heterocycles. The first-order valence-corrected chi connectivity index (χ1v) is 5.90. The number of hydrogen-bond donors (Lipinski definition) is 2. The summed E-state index contributed by atoms with van der Waals surface area (Å²) in [5.41, 5.74) is 1.84. The Morgan fingerprint density at radius 2 is 1.56 bits per heavy atom. The molecule has 1 aromatic rings. The molecule has 0 spiro atoms. The van der Waals surface area contributed by atoms with Crippen LogP contribution >= 0.6 is 0 Å². The molecule has 98 valence electrons. The fraction of sp³-hybridized carbons (Fsp3) is 0.429. The summed E-state index contributed by atoms with van der Waals surface area (Å²) >= 11 is 0. The molecular formula is C14H20N2O2. The van der Waals surface area contributed by atoms with Crippen molar-refractivity contribution in [2.45, 2.75) is 34.6 Å². The molecule has 0 fully saturated rings. The van der Waals surface area contributed by atoms with Crippen LogP contribution in [0.2, 0.25) is 0 Å². The second-order valence-corrected chi connectivity index (χ2v) is 5.36. The van der Waals surface area contributed by atoms with Crippen molar-refractivity contribution in [1.82, 2.24) is 0 Å². The minimum atomic E-state index is -0.448. The standard InChI is InChI=1S/C14H20N2O2/c1-9-11(15-10(2)17)7-6-8-12(9)16-13(18)14(3,4)5/h6-8H,1-5H3,(H,15,17)(H,16,18). The number of carbonyl (C=O) groups excluding carboxylic acids is 2. The van der Waals surface area contributed by atoms with Gasteiger partial charge in [-0.2, -0.15) is 0 Å². The van der Waals surface area contributed by atoms with Crippen molar-refractivity contribution in [2.24, 2.45) is 5.41 Å². The molecular weight excluding hydrogens is 228 g/mol. The van der Waals surface area contributed by atoms with Gasteiger partial charge in [-0.1, -0.05) is 26.8 Å². The summed E-state index contributed by atoms with van der Waals surface area (Å²) < 4.78 is 0. The van der Waals surface area contributed by atoms with Gasteiger partial charge < -0.3 is 10.6 Å². The van der Waals surface area contributed by atoms with E-state index in [1.54, 1.807) is 6.07 Å². The van der Waals surface area contributed by atoms with Crippen molar-refractivity contribution in [1.29, 1.82) is 0 Å². The van der Waals surface area contributed by atoms with E-state index < -0.39 is 5.41 Å². The zero-order chi connectivity index (χ0) is 13.9. The van der Waals surface area contributed by atoms with E-state index in [9.17, 15) is 9.59 Å². The minimum Gasteiger partial charge on any atom is -0.326 e. The average molecular weight is 248 g/mol. The third-order valence-electron chi connectivity index (χ3n) is 2.57. The first kappa shape index (κ1) is 14.2. The van der Waals surface area contributed by atoms with Crippen molar-refractivity contribution < 1.29 is 9.59 Å². The van der Waals surface area contributed by atoms with Crippen molar-refractivity contribution in [3.63, 3.8) is 0 Å². The van der Waals surface area contributed by atoms with Crippen LogP contribution in [0, 0.1) is 12.3 Å². The summed E-state index contributed by atoms with van der Waals surface area (Å²) in [6.45, 7) is 8.89. The lowest BCUT2D eigenvalue weighted by atomic mass is 9.95. The molecule has 0 saturated carbocycles. The lowest BCUT2D eigenvalue weighted by Gasteiger charge is -2.19. The van der Waals surface area contributed by atoms with E-state index in [2.05, 4.69) is 10.6 Å². The van der Waals surface area contributed by atoms with E-state index in [-0.39, 0.29) is 11.8 Å². The van der Waals surface area contributed by atoms with E-state index in [4.69, 9.17) is 0 Å². The third-order valence-corrected chi connectivity index (χ3v) is 2.57. The molecule has 4 nitrogen and oxygen atoms in total. The van der Waals surface area contributed by atoms with Gasteiger partial charge in [0.2, 0.25) is 11.8 Å².